The lowest BCUT2D eigenvalue weighted by atomic mass is 10.1. The van der Waals surface area contributed by atoms with Crippen LogP contribution in [0.1, 0.15) is 15.9 Å². The topological polar surface area (TPSA) is 37.3 Å². The number of carbonyl (C=O) groups is 1. The average Bonchev–Trinajstić information content (AvgIpc) is 3.07. The molecule has 0 atom stereocenters. The van der Waals surface area contributed by atoms with Gasteiger partial charge in [0.15, 0.2) is 5.78 Å². The van der Waals surface area contributed by atoms with Crippen molar-refractivity contribution in [3.05, 3.63) is 83.2 Å². The highest BCUT2D eigenvalue weighted by Gasteiger charge is 2.03. The molecule has 1 N–H and O–H groups in total. The highest BCUT2D eigenvalue weighted by atomic mass is 32.1. The number of carbonyl (C=O) groups excluding carboxylic acids is 1. The molecular weight excluding hydrogens is 292 g/mol. The van der Waals surface area contributed by atoms with E-state index >= 15 is 0 Å². The fourth-order valence-electron chi connectivity index (χ4n) is 2.14. The fraction of sp³-hybridized carbons (Fsp3) is 0. The van der Waals surface area contributed by atoms with Gasteiger partial charge in [0.2, 0.25) is 0 Å². The van der Waals surface area contributed by atoms with Crippen LogP contribution >= 0.6 is 11.3 Å². The van der Waals surface area contributed by atoms with Crippen LogP contribution in [0.15, 0.2) is 72.1 Å². The molecule has 108 valence electrons. The first-order valence-corrected chi connectivity index (χ1v) is 7.76. The third kappa shape index (κ3) is 3.32. The summed E-state index contributed by atoms with van der Waals surface area (Å²) in [4.78, 5) is 13.3. The zero-order chi connectivity index (χ0) is 15.4. The Balaban J connectivity index is 1.75. The molecule has 0 unspecified atom stereocenters. The Morgan fingerprint density at radius 2 is 1.82 bits per heavy atom. The Morgan fingerprint density at radius 1 is 1.00 bits per heavy atom. The van der Waals surface area contributed by atoms with E-state index in [1.54, 1.807) is 35.6 Å². The molecule has 0 aliphatic rings. The van der Waals surface area contributed by atoms with Crippen molar-refractivity contribution in [2.24, 2.45) is 0 Å². The van der Waals surface area contributed by atoms with Crippen molar-refractivity contribution in [3.8, 4) is 16.2 Å². The maximum Gasteiger partial charge on any atom is 0.185 e. The number of hydrogen-bond donors (Lipinski definition) is 1. The minimum atomic E-state index is -0.0546. The third-order valence-corrected chi connectivity index (χ3v) is 4.19. The Kier molecular flexibility index (Phi) is 4.17. The highest BCUT2D eigenvalue weighted by molar-refractivity contribution is 7.13. The molecule has 0 aliphatic carbocycles. The van der Waals surface area contributed by atoms with Crippen molar-refractivity contribution in [1.82, 2.24) is 0 Å². The van der Waals surface area contributed by atoms with Crippen LogP contribution in [0.3, 0.4) is 0 Å². The Labute approximate surface area is 133 Å². The van der Waals surface area contributed by atoms with Gasteiger partial charge < -0.3 is 5.11 Å². The van der Waals surface area contributed by atoms with Gasteiger partial charge in [0.25, 0.3) is 0 Å². The number of allylic oxidation sites excluding steroid dienone is 1. The molecule has 0 fully saturated rings. The van der Waals surface area contributed by atoms with E-state index < -0.39 is 0 Å². The molecule has 2 nitrogen and oxygen atoms in total. The van der Waals surface area contributed by atoms with E-state index in [9.17, 15) is 9.90 Å². The van der Waals surface area contributed by atoms with Crippen LogP contribution in [0.5, 0.6) is 5.75 Å². The normalized spacial score (nSPS) is 10.9. The summed E-state index contributed by atoms with van der Waals surface area (Å²) in [5.74, 6) is 0.135. The summed E-state index contributed by atoms with van der Waals surface area (Å²) >= 11 is 1.68. The average molecular weight is 306 g/mol. The number of phenolic OH excluding ortho intramolecular Hbond substituents is 1. The summed E-state index contributed by atoms with van der Waals surface area (Å²) in [6.07, 6.45) is 3.23. The number of aromatic hydroxyl groups is 1. The van der Waals surface area contributed by atoms with Gasteiger partial charge in [-0.3, -0.25) is 4.79 Å². The fourth-order valence-corrected chi connectivity index (χ4v) is 2.87. The van der Waals surface area contributed by atoms with Crippen molar-refractivity contribution in [2.45, 2.75) is 0 Å². The predicted octanol–water partition coefficient (Wildman–Crippen LogP) is 5.02. The maximum absolute atomic E-state index is 12.2. The molecular formula is C19H14O2S. The Hall–Kier alpha value is -2.65. The van der Waals surface area contributed by atoms with Gasteiger partial charge in [-0.05, 0) is 40.8 Å². The largest absolute Gasteiger partial charge is 0.508 e. The quantitative estimate of drug-likeness (QED) is 0.543. The minimum Gasteiger partial charge on any atom is -0.508 e. The monoisotopic (exact) mass is 306 g/mol. The standard InChI is InChI=1S/C19H14O2S/c20-17-4-1-3-14(13-17)6-11-18(21)15-7-9-16(10-8-15)19-5-2-12-22-19/h1-13,20H. The van der Waals surface area contributed by atoms with Gasteiger partial charge in [-0.15, -0.1) is 11.3 Å². The second-order valence-corrected chi connectivity index (χ2v) is 5.79. The lowest BCUT2D eigenvalue weighted by molar-refractivity contribution is 0.104. The number of phenols is 1. The van der Waals surface area contributed by atoms with Crippen LogP contribution < -0.4 is 0 Å². The van der Waals surface area contributed by atoms with Crippen LogP contribution in [-0.2, 0) is 0 Å². The van der Waals surface area contributed by atoms with E-state index in [2.05, 4.69) is 6.07 Å². The van der Waals surface area contributed by atoms with E-state index in [0.29, 0.717) is 5.56 Å². The lowest BCUT2D eigenvalue weighted by Gasteiger charge is -2.00. The molecule has 3 heteroatoms. The van der Waals surface area contributed by atoms with Gasteiger partial charge in [0.1, 0.15) is 5.75 Å². The van der Waals surface area contributed by atoms with E-state index in [1.165, 1.54) is 11.0 Å². The van der Waals surface area contributed by atoms with Crippen LogP contribution in [0.25, 0.3) is 16.5 Å². The van der Waals surface area contributed by atoms with Gasteiger partial charge in [0.05, 0.1) is 0 Å². The number of thiophene rings is 1. The molecule has 0 radical (unpaired) electrons. The summed E-state index contributed by atoms with van der Waals surface area (Å²) in [6, 6.07) is 18.5. The summed E-state index contributed by atoms with van der Waals surface area (Å²) in [7, 11) is 0. The first-order chi connectivity index (χ1) is 10.7. The van der Waals surface area contributed by atoms with Crippen molar-refractivity contribution < 1.29 is 9.90 Å². The summed E-state index contributed by atoms with van der Waals surface area (Å²) in [6.45, 7) is 0. The SMILES string of the molecule is O=C(C=Cc1cccc(O)c1)c1ccc(-c2cccs2)cc1. The number of benzene rings is 2. The number of ketones is 1. The third-order valence-electron chi connectivity index (χ3n) is 3.27. The first-order valence-electron chi connectivity index (χ1n) is 6.88. The molecule has 2 aromatic carbocycles. The van der Waals surface area contributed by atoms with Gasteiger partial charge in [0, 0.05) is 10.4 Å². The molecule has 3 rings (SSSR count). The zero-order valence-electron chi connectivity index (χ0n) is 11.8. The van der Waals surface area contributed by atoms with Crippen molar-refractivity contribution in [2.75, 3.05) is 0 Å². The molecule has 1 aromatic heterocycles. The van der Waals surface area contributed by atoms with Crippen molar-refractivity contribution in [1.29, 1.82) is 0 Å². The summed E-state index contributed by atoms with van der Waals surface area (Å²) in [5.41, 5.74) is 2.56. The van der Waals surface area contributed by atoms with Crippen LogP contribution in [0, 0.1) is 0 Å². The minimum absolute atomic E-state index is 0.0546. The van der Waals surface area contributed by atoms with Crippen LogP contribution in [0.4, 0.5) is 0 Å². The van der Waals surface area contributed by atoms with Crippen LogP contribution in [-0.4, -0.2) is 10.9 Å². The molecule has 3 aromatic rings. The smallest absolute Gasteiger partial charge is 0.185 e. The van der Waals surface area contributed by atoms with Crippen molar-refractivity contribution in [3.63, 3.8) is 0 Å². The first kappa shape index (κ1) is 14.3. The second-order valence-electron chi connectivity index (χ2n) is 4.85. The lowest BCUT2D eigenvalue weighted by Crippen LogP contribution is -1.93. The van der Waals surface area contributed by atoms with Gasteiger partial charge >= 0.3 is 0 Å². The van der Waals surface area contributed by atoms with E-state index in [4.69, 9.17) is 0 Å². The van der Waals surface area contributed by atoms with E-state index in [0.717, 1.165) is 11.1 Å². The van der Waals surface area contributed by atoms with E-state index in [-0.39, 0.29) is 11.5 Å². The summed E-state index contributed by atoms with van der Waals surface area (Å²) < 4.78 is 0. The van der Waals surface area contributed by atoms with Gasteiger partial charge in [-0.1, -0.05) is 48.5 Å². The highest BCUT2D eigenvalue weighted by Crippen LogP contribution is 2.24. The van der Waals surface area contributed by atoms with Crippen LogP contribution in [0.2, 0.25) is 0 Å². The van der Waals surface area contributed by atoms with Gasteiger partial charge in [-0.25, -0.2) is 0 Å². The zero-order valence-corrected chi connectivity index (χ0v) is 12.6. The molecule has 0 amide bonds. The van der Waals surface area contributed by atoms with Gasteiger partial charge in [-0.2, -0.15) is 0 Å². The second kappa shape index (κ2) is 6.41. The molecule has 0 aliphatic heterocycles. The molecule has 0 saturated carbocycles. The number of rotatable bonds is 4. The summed E-state index contributed by atoms with van der Waals surface area (Å²) in [5, 5.41) is 11.4. The molecule has 0 saturated heterocycles. The van der Waals surface area contributed by atoms with E-state index in [1.807, 2.05) is 41.8 Å². The predicted molar refractivity (Wildman–Crippen MR) is 91.2 cm³/mol. The Bertz CT molecular complexity index is 800. The number of hydrogen-bond acceptors (Lipinski definition) is 3. The molecule has 0 spiro atoms. The molecule has 1 heterocycles. The molecule has 0 bridgehead atoms. The molecule has 22 heavy (non-hydrogen) atoms. The van der Waals surface area contributed by atoms with Crippen molar-refractivity contribution >= 4 is 23.2 Å². The maximum atomic E-state index is 12.2. The Morgan fingerprint density at radius 3 is 2.50 bits per heavy atom.